The molecule has 0 aromatic carbocycles. The van der Waals surface area contributed by atoms with Crippen molar-refractivity contribution in [2.24, 2.45) is 5.92 Å². The van der Waals surface area contributed by atoms with Gasteiger partial charge in [-0.15, -0.1) is 4.98 Å². The van der Waals surface area contributed by atoms with E-state index < -0.39 is 0 Å². The number of methoxy groups -OCH3 is 2. The van der Waals surface area contributed by atoms with Gasteiger partial charge in [0.15, 0.2) is 0 Å². The van der Waals surface area contributed by atoms with Crippen LogP contribution < -0.4 is 14.8 Å². The number of ether oxygens (including phenoxy) is 3. The number of hydrogen-bond donors (Lipinski definition) is 1. The van der Waals surface area contributed by atoms with Gasteiger partial charge in [0.2, 0.25) is 5.95 Å². The summed E-state index contributed by atoms with van der Waals surface area (Å²) in [6.07, 6.45) is 0.928. The first-order chi connectivity index (χ1) is 8.72. The molecule has 2 rings (SSSR count). The number of aromatic nitrogens is 3. The first kappa shape index (κ1) is 12.8. The van der Waals surface area contributed by atoms with Crippen LogP contribution in [-0.2, 0) is 4.74 Å². The molecule has 1 fully saturated rings. The average molecular weight is 254 g/mol. The second-order valence-electron chi connectivity index (χ2n) is 4.22. The quantitative estimate of drug-likeness (QED) is 0.848. The van der Waals surface area contributed by atoms with Crippen LogP contribution >= 0.6 is 0 Å². The molecule has 0 amide bonds. The van der Waals surface area contributed by atoms with Gasteiger partial charge < -0.3 is 19.5 Å². The van der Waals surface area contributed by atoms with E-state index in [-0.39, 0.29) is 18.1 Å². The Hall–Kier alpha value is -1.63. The predicted molar refractivity (Wildman–Crippen MR) is 64.9 cm³/mol. The van der Waals surface area contributed by atoms with Crippen molar-refractivity contribution in [2.45, 2.75) is 19.4 Å². The molecule has 2 heterocycles. The third-order valence-electron chi connectivity index (χ3n) is 2.91. The Bertz CT molecular complexity index is 380. The van der Waals surface area contributed by atoms with Crippen molar-refractivity contribution >= 4 is 5.95 Å². The molecule has 2 unspecified atom stereocenters. The Kier molecular flexibility index (Phi) is 4.14. The molecule has 0 aliphatic carbocycles. The molecule has 0 bridgehead atoms. The minimum atomic E-state index is 0.240. The molecule has 0 radical (unpaired) electrons. The third-order valence-corrected chi connectivity index (χ3v) is 2.91. The molecule has 0 spiro atoms. The van der Waals surface area contributed by atoms with Crippen molar-refractivity contribution < 1.29 is 14.2 Å². The Morgan fingerprint density at radius 1 is 1.17 bits per heavy atom. The van der Waals surface area contributed by atoms with E-state index in [0.717, 1.165) is 19.6 Å². The lowest BCUT2D eigenvalue weighted by molar-refractivity contribution is 0.0535. The van der Waals surface area contributed by atoms with Crippen LogP contribution in [0, 0.1) is 5.92 Å². The van der Waals surface area contributed by atoms with Gasteiger partial charge in [-0.3, -0.25) is 0 Å². The van der Waals surface area contributed by atoms with Gasteiger partial charge in [-0.1, -0.05) is 6.92 Å². The maximum Gasteiger partial charge on any atom is 0.324 e. The highest BCUT2D eigenvalue weighted by molar-refractivity contribution is 5.29. The van der Waals surface area contributed by atoms with E-state index in [4.69, 9.17) is 14.2 Å². The Labute approximate surface area is 106 Å². The molecule has 7 nitrogen and oxygen atoms in total. The second kappa shape index (κ2) is 5.81. The summed E-state index contributed by atoms with van der Waals surface area (Å²) in [5, 5.41) is 3.28. The Balaban J connectivity index is 2.12. The molecule has 2 atom stereocenters. The Morgan fingerprint density at radius 2 is 1.83 bits per heavy atom. The molecule has 7 heteroatoms. The van der Waals surface area contributed by atoms with Crippen LogP contribution in [-0.4, -0.2) is 48.4 Å². The first-order valence-electron chi connectivity index (χ1n) is 5.91. The van der Waals surface area contributed by atoms with Gasteiger partial charge in [0.1, 0.15) is 0 Å². The highest BCUT2D eigenvalue weighted by atomic mass is 16.5. The van der Waals surface area contributed by atoms with Crippen LogP contribution in [0.2, 0.25) is 0 Å². The number of hydrogen-bond acceptors (Lipinski definition) is 7. The van der Waals surface area contributed by atoms with E-state index in [9.17, 15) is 0 Å². The van der Waals surface area contributed by atoms with E-state index in [1.54, 1.807) is 0 Å². The van der Waals surface area contributed by atoms with E-state index in [1.807, 2.05) is 0 Å². The Morgan fingerprint density at radius 3 is 2.39 bits per heavy atom. The zero-order valence-electron chi connectivity index (χ0n) is 10.8. The molecule has 1 aliphatic rings. The fourth-order valence-corrected chi connectivity index (χ4v) is 1.85. The van der Waals surface area contributed by atoms with Crippen molar-refractivity contribution in [1.82, 2.24) is 15.0 Å². The fourth-order valence-electron chi connectivity index (χ4n) is 1.85. The predicted octanol–water partition coefficient (Wildman–Crippen LogP) is 0.726. The minimum Gasteiger partial charge on any atom is -0.467 e. The number of anilines is 1. The zero-order valence-corrected chi connectivity index (χ0v) is 10.8. The molecule has 1 N–H and O–H groups in total. The summed E-state index contributed by atoms with van der Waals surface area (Å²) in [4.78, 5) is 12.3. The van der Waals surface area contributed by atoms with Gasteiger partial charge in [-0.2, -0.15) is 9.97 Å². The fraction of sp³-hybridized carbons (Fsp3) is 0.727. The molecule has 100 valence electrons. The van der Waals surface area contributed by atoms with Crippen molar-refractivity contribution in [3.05, 3.63) is 0 Å². The van der Waals surface area contributed by atoms with E-state index in [0.29, 0.717) is 11.9 Å². The smallest absolute Gasteiger partial charge is 0.324 e. The largest absolute Gasteiger partial charge is 0.467 e. The lowest BCUT2D eigenvalue weighted by Crippen LogP contribution is -2.36. The molecule has 0 saturated carbocycles. The van der Waals surface area contributed by atoms with Crippen LogP contribution in [0.5, 0.6) is 12.0 Å². The summed E-state index contributed by atoms with van der Waals surface area (Å²) in [5.74, 6) is 0.880. The first-order valence-corrected chi connectivity index (χ1v) is 5.91. The minimum absolute atomic E-state index is 0.240. The van der Waals surface area contributed by atoms with Gasteiger partial charge in [-0.05, 0) is 12.3 Å². The van der Waals surface area contributed by atoms with Gasteiger partial charge >= 0.3 is 12.0 Å². The van der Waals surface area contributed by atoms with Crippen LogP contribution in [0.25, 0.3) is 0 Å². The summed E-state index contributed by atoms with van der Waals surface area (Å²) in [5.41, 5.74) is 0. The van der Waals surface area contributed by atoms with Crippen molar-refractivity contribution in [2.75, 3.05) is 32.8 Å². The molecule has 1 aromatic heterocycles. The monoisotopic (exact) mass is 254 g/mol. The number of rotatable bonds is 4. The van der Waals surface area contributed by atoms with Crippen LogP contribution in [0.1, 0.15) is 13.3 Å². The van der Waals surface area contributed by atoms with Crippen molar-refractivity contribution in [1.29, 1.82) is 0 Å². The van der Waals surface area contributed by atoms with Gasteiger partial charge in [0.05, 0.1) is 20.8 Å². The van der Waals surface area contributed by atoms with Crippen LogP contribution in [0.3, 0.4) is 0 Å². The van der Waals surface area contributed by atoms with Crippen molar-refractivity contribution in [3.8, 4) is 12.0 Å². The summed E-state index contributed by atoms with van der Waals surface area (Å²) in [6.45, 7) is 3.63. The lowest BCUT2D eigenvalue weighted by atomic mass is 9.98. The molecular formula is C11H18N4O3. The van der Waals surface area contributed by atoms with Crippen LogP contribution in [0.4, 0.5) is 5.95 Å². The summed E-state index contributed by atoms with van der Waals surface area (Å²) < 4.78 is 15.4. The normalized spacial score (nSPS) is 23.5. The second-order valence-corrected chi connectivity index (χ2v) is 4.22. The molecular weight excluding hydrogens is 236 g/mol. The lowest BCUT2D eigenvalue weighted by Gasteiger charge is -2.29. The third kappa shape index (κ3) is 2.98. The van der Waals surface area contributed by atoms with Crippen LogP contribution in [0.15, 0.2) is 0 Å². The molecule has 18 heavy (non-hydrogen) atoms. The number of nitrogens with one attached hydrogen (secondary N) is 1. The highest BCUT2D eigenvalue weighted by Gasteiger charge is 2.23. The van der Waals surface area contributed by atoms with Gasteiger partial charge in [-0.25, -0.2) is 0 Å². The van der Waals surface area contributed by atoms with E-state index >= 15 is 0 Å². The molecule has 1 aromatic rings. The summed E-state index contributed by atoms with van der Waals surface area (Å²) in [6, 6.07) is 0.767. The topological polar surface area (TPSA) is 78.4 Å². The maximum atomic E-state index is 5.40. The highest BCUT2D eigenvalue weighted by Crippen LogP contribution is 2.19. The molecule has 1 saturated heterocycles. The summed E-state index contributed by atoms with van der Waals surface area (Å²) in [7, 11) is 3.02. The van der Waals surface area contributed by atoms with Crippen molar-refractivity contribution in [3.63, 3.8) is 0 Å². The zero-order chi connectivity index (χ0) is 13.0. The average Bonchev–Trinajstić information content (AvgIpc) is 2.41. The molecule has 1 aliphatic heterocycles. The SMILES string of the molecule is COc1nc(NC2CCOCC2C)nc(OC)n1. The van der Waals surface area contributed by atoms with Gasteiger partial charge in [0, 0.05) is 12.6 Å². The number of nitrogens with zero attached hydrogens (tertiary/aromatic N) is 3. The van der Waals surface area contributed by atoms with E-state index in [1.165, 1.54) is 14.2 Å². The summed E-state index contributed by atoms with van der Waals surface area (Å²) >= 11 is 0. The maximum absolute atomic E-state index is 5.40. The van der Waals surface area contributed by atoms with E-state index in [2.05, 4.69) is 27.2 Å². The standard InChI is InChI=1S/C11H18N4O3/c1-7-6-18-5-4-8(7)12-9-13-10(16-2)15-11(14-9)17-3/h7-8H,4-6H2,1-3H3,(H,12,13,14,15). The van der Waals surface area contributed by atoms with Gasteiger partial charge in [0.25, 0.3) is 0 Å².